The molecular formula is C12H13FN4. The van der Waals surface area contributed by atoms with E-state index in [1.54, 1.807) is 18.5 Å². The number of rotatable bonds is 4. The van der Waals surface area contributed by atoms with Crippen molar-refractivity contribution in [1.82, 2.24) is 15.4 Å². The number of nitrogens with one attached hydrogen (secondary N) is 1. The number of pyridine rings is 2. The zero-order valence-corrected chi connectivity index (χ0v) is 9.18. The van der Waals surface area contributed by atoms with E-state index < -0.39 is 0 Å². The third-order valence-electron chi connectivity index (χ3n) is 2.52. The normalized spacial score (nSPS) is 12.4. The van der Waals surface area contributed by atoms with Gasteiger partial charge in [-0.2, -0.15) is 0 Å². The molecule has 0 radical (unpaired) electrons. The first kappa shape index (κ1) is 11.6. The summed E-state index contributed by atoms with van der Waals surface area (Å²) in [6.07, 6.45) is 4.95. The molecule has 3 N–H and O–H groups in total. The molecule has 2 heterocycles. The molecule has 88 valence electrons. The maximum absolute atomic E-state index is 13.6. The second-order valence-electron chi connectivity index (χ2n) is 3.64. The van der Waals surface area contributed by atoms with Crippen molar-refractivity contribution in [2.45, 2.75) is 12.5 Å². The number of nitrogens with two attached hydrogens (primary N) is 1. The van der Waals surface area contributed by atoms with E-state index in [1.807, 2.05) is 18.2 Å². The van der Waals surface area contributed by atoms with Crippen LogP contribution < -0.4 is 11.3 Å². The van der Waals surface area contributed by atoms with Gasteiger partial charge in [-0.15, -0.1) is 0 Å². The lowest BCUT2D eigenvalue weighted by Gasteiger charge is -2.16. The Balaban J connectivity index is 2.21. The smallest absolute Gasteiger partial charge is 0.146 e. The van der Waals surface area contributed by atoms with Crippen molar-refractivity contribution >= 4 is 0 Å². The highest BCUT2D eigenvalue weighted by Gasteiger charge is 2.15. The molecule has 1 atom stereocenters. The molecule has 17 heavy (non-hydrogen) atoms. The minimum atomic E-state index is -0.369. The van der Waals surface area contributed by atoms with Gasteiger partial charge in [-0.25, -0.2) is 4.39 Å². The van der Waals surface area contributed by atoms with Crippen molar-refractivity contribution in [2.24, 2.45) is 5.84 Å². The number of hydrogen-bond donors (Lipinski definition) is 2. The highest BCUT2D eigenvalue weighted by Crippen LogP contribution is 2.18. The van der Waals surface area contributed by atoms with E-state index in [9.17, 15) is 4.39 Å². The number of aromatic nitrogens is 2. The van der Waals surface area contributed by atoms with Gasteiger partial charge in [-0.3, -0.25) is 21.2 Å². The Hall–Kier alpha value is -1.85. The molecule has 0 fully saturated rings. The Morgan fingerprint density at radius 1 is 1.29 bits per heavy atom. The Kier molecular flexibility index (Phi) is 3.74. The SMILES string of the molecule is NNC(Cc1ccccn1)c1ccncc1F. The van der Waals surface area contributed by atoms with Crippen LogP contribution in [0.3, 0.4) is 0 Å². The molecule has 1 unspecified atom stereocenters. The average Bonchev–Trinajstić information content (AvgIpc) is 2.38. The van der Waals surface area contributed by atoms with Crippen LogP contribution in [-0.4, -0.2) is 9.97 Å². The highest BCUT2D eigenvalue weighted by atomic mass is 19.1. The van der Waals surface area contributed by atoms with Crippen LogP contribution in [0.25, 0.3) is 0 Å². The molecule has 0 saturated carbocycles. The van der Waals surface area contributed by atoms with Crippen molar-refractivity contribution in [3.8, 4) is 0 Å². The maximum atomic E-state index is 13.6. The summed E-state index contributed by atoms with van der Waals surface area (Å²) < 4.78 is 13.6. The van der Waals surface area contributed by atoms with E-state index in [0.29, 0.717) is 12.0 Å². The number of halogens is 1. The molecule has 0 bridgehead atoms. The largest absolute Gasteiger partial charge is 0.271 e. The highest BCUT2D eigenvalue weighted by molar-refractivity contribution is 5.19. The minimum absolute atomic E-state index is 0.312. The molecule has 0 saturated heterocycles. The van der Waals surface area contributed by atoms with E-state index in [2.05, 4.69) is 15.4 Å². The predicted octanol–water partition coefficient (Wildman–Crippen LogP) is 1.36. The monoisotopic (exact) mass is 232 g/mol. The van der Waals surface area contributed by atoms with Crippen molar-refractivity contribution in [3.05, 3.63) is 59.9 Å². The lowest BCUT2D eigenvalue weighted by Crippen LogP contribution is -2.30. The first-order chi connectivity index (χ1) is 8.31. The molecule has 0 aromatic carbocycles. The Bertz CT molecular complexity index is 475. The molecule has 0 aliphatic carbocycles. The van der Waals surface area contributed by atoms with Gasteiger partial charge in [-0.05, 0) is 18.2 Å². The number of nitrogens with zero attached hydrogens (tertiary/aromatic N) is 2. The van der Waals surface area contributed by atoms with Gasteiger partial charge < -0.3 is 0 Å². The molecule has 5 heteroatoms. The van der Waals surface area contributed by atoms with Crippen molar-refractivity contribution in [2.75, 3.05) is 0 Å². The third kappa shape index (κ3) is 2.83. The second-order valence-corrected chi connectivity index (χ2v) is 3.64. The first-order valence-corrected chi connectivity index (χ1v) is 5.26. The molecular weight excluding hydrogens is 219 g/mol. The van der Waals surface area contributed by atoms with Gasteiger partial charge in [0.15, 0.2) is 0 Å². The number of hydrazine groups is 1. The summed E-state index contributed by atoms with van der Waals surface area (Å²) in [7, 11) is 0. The Morgan fingerprint density at radius 3 is 2.82 bits per heavy atom. The van der Waals surface area contributed by atoms with Crippen LogP contribution in [-0.2, 0) is 6.42 Å². The van der Waals surface area contributed by atoms with Gasteiger partial charge in [0, 0.05) is 30.1 Å². The zero-order valence-electron chi connectivity index (χ0n) is 9.18. The van der Waals surface area contributed by atoms with Gasteiger partial charge in [0.25, 0.3) is 0 Å². The summed E-state index contributed by atoms with van der Waals surface area (Å²) in [5.41, 5.74) is 3.95. The van der Waals surface area contributed by atoms with Crippen molar-refractivity contribution < 1.29 is 4.39 Å². The quantitative estimate of drug-likeness (QED) is 0.617. The molecule has 0 spiro atoms. The fourth-order valence-corrected chi connectivity index (χ4v) is 1.66. The summed E-state index contributed by atoms with van der Waals surface area (Å²) in [6.45, 7) is 0. The van der Waals surface area contributed by atoms with E-state index in [1.165, 1.54) is 6.20 Å². The lowest BCUT2D eigenvalue weighted by atomic mass is 10.0. The van der Waals surface area contributed by atoms with Crippen LogP contribution in [0.1, 0.15) is 17.3 Å². The fourth-order valence-electron chi connectivity index (χ4n) is 1.66. The van der Waals surface area contributed by atoms with E-state index in [4.69, 9.17) is 5.84 Å². The van der Waals surface area contributed by atoms with Crippen molar-refractivity contribution in [3.63, 3.8) is 0 Å². The van der Waals surface area contributed by atoms with Crippen LogP contribution in [0.2, 0.25) is 0 Å². The number of hydrogen-bond acceptors (Lipinski definition) is 4. The van der Waals surface area contributed by atoms with Crippen LogP contribution in [0.4, 0.5) is 4.39 Å². The lowest BCUT2D eigenvalue weighted by molar-refractivity contribution is 0.504. The second kappa shape index (κ2) is 5.47. The van der Waals surface area contributed by atoms with Crippen LogP contribution in [0, 0.1) is 5.82 Å². The maximum Gasteiger partial charge on any atom is 0.146 e. The Morgan fingerprint density at radius 2 is 2.18 bits per heavy atom. The first-order valence-electron chi connectivity index (χ1n) is 5.26. The van der Waals surface area contributed by atoms with E-state index in [-0.39, 0.29) is 11.9 Å². The zero-order chi connectivity index (χ0) is 12.1. The Labute approximate surface area is 98.7 Å². The van der Waals surface area contributed by atoms with Gasteiger partial charge >= 0.3 is 0 Å². The van der Waals surface area contributed by atoms with Gasteiger partial charge in [0.05, 0.1) is 12.2 Å². The summed E-state index contributed by atoms with van der Waals surface area (Å²) in [4.78, 5) is 7.90. The average molecular weight is 232 g/mol. The van der Waals surface area contributed by atoms with Crippen LogP contribution >= 0.6 is 0 Å². The summed E-state index contributed by atoms with van der Waals surface area (Å²) in [5, 5.41) is 0. The molecule has 2 aromatic rings. The molecule has 0 aliphatic heterocycles. The van der Waals surface area contributed by atoms with Crippen LogP contribution in [0.15, 0.2) is 42.9 Å². The van der Waals surface area contributed by atoms with E-state index in [0.717, 1.165) is 5.69 Å². The molecule has 4 nitrogen and oxygen atoms in total. The molecule has 0 aliphatic rings. The topological polar surface area (TPSA) is 63.8 Å². The molecule has 0 amide bonds. The third-order valence-corrected chi connectivity index (χ3v) is 2.52. The summed E-state index contributed by atoms with van der Waals surface area (Å²) >= 11 is 0. The fraction of sp³-hybridized carbons (Fsp3) is 0.167. The standard InChI is InChI=1S/C12H13FN4/c13-11-8-15-6-4-10(11)12(17-14)7-9-3-1-2-5-16-9/h1-6,8,12,17H,7,14H2. The summed E-state index contributed by atoms with van der Waals surface area (Å²) in [5.74, 6) is 5.09. The van der Waals surface area contributed by atoms with Crippen LogP contribution in [0.5, 0.6) is 0 Å². The molecule has 2 aromatic heterocycles. The van der Waals surface area contributed by atoms with Gasteiger partial charge in [0.2, 0.25) is 0 Å². The van der Waals surface area contributed by atoms with Crippen molar-refractivity contribution in [1.29, 1.82) is 0 Å². The van der Waals surface area contributed by atoms with Gasteiger partial charge in [0.1, 0.15) is 5.82 Å². The minimum Gasteiger partial charge on any atom is -0.271 e. The predicted molar refractivity (Wildman–Crippen MR) is 62.2 cm³/mol. The summed E-state index contributed by atoms with van der Waals surface area (Å²) in [6, 6.07) is 6.90. The van der Waals surface area contributed by atoms with Gasteiger partial charge in [-0.1, -0.05) is 6.07 Å². The van der Waals surface area contributed by atoms with E-state index >= 15 is 0 Å². The molecule has 2 rings (SSSR count).